The van der Waals surface area contributed by atoms with Crippen molar-refractivity contribution < 1.29 is 14.7 Å². The average Bonchev–Trinajstić information content (AvgIpc) is 2.26. The van der Waals surface area contributed by atoms with Gasteiger partial charge in [0.05, 0.1) is 5.57 Å². The summed E-state index contributed by atoms with van der Waals surface area (Å²) in [4.78, 5) is 23.6. The average molecular weight is 215 g/mol. The number of aliphatic hydroxyl groups excluding tert-OH is 1. The van der Waals surface area contributed by atoms with Crippen molar-refractivity contribution in [3.8, 4) is 0 Å². The lowest BCUT2D eigenvalue weighted by atomic mass is 9.86. The van der Waals surface area contributed by atoms with E-state index < -0.39 is 17.3 Å². The minimum Gasteiger partial charge on any atom is -0.504 e. The molecule has 0 saturated heterocycles. The van der Waals surface area contributed by atoms with Gasteiger partial charge in [-0.1, -0.05) is 24.3 Å². The number of rotatable bonds is 1. The first-order chi connectivity index (χ1) is 7.54. The number of nitrogens with one attached hydrogen (secondary N) is 1. The molecule has 0 bridgehead atoms. The lowest BCUT2D eigenvalue weighted by Gasteiger charge is -2.16. The highest BCUT2D eigenvalue weighted by Crippen LogP contribution is 2.25. The summed E-state index contributed by atoms with van der Waals surface area (Å²) in [5.74, 6) is -1.70. The Hall–Kier alpha value is -2.23. The van der Waals surface area contributed by atoms with Gasteiger partial charge in [-0.2, -0.15) is 0 Å². The largest absolute Gasteiger partial charge is 0.504 e. The maximum Gasteiger partial charge on any atom is 0.228 e. The van der Waals surface area contributed by atoms with E-state index in [4.69, 9.17) is 5.41 Å². The van der Waals surface area contributed by atoms with Gasteiger partial charge in [-0.15, -0.1) is 0 Å². The first-order valence-corrected chi connectivity index (χ1v) is 4.71. The summed E-state index contributed by atoms with van der Waals surface area (Å²) in [7, 11) is 0. The lowest BCUT2D eigenvalue weighted by Crippen LogP contribution is -2.25. The van der Waals surface area contributed by atoms with Crippen molar-refractivity contribution in [2.45, 2.75) is 6.92 Å². The molecule has 1 aromatic rings. The summed E-state index contributed by atoms with van der Waals surface area (Å²) in [5.41, 5.74) is 0.121. The summed E-state index contributed by atoms with van der Waals surface area (Å²) >= 11 is 0. The zero-order chi connectivity index (χ0) is 11.9. The van der Waals surface area contributed by atoms with Crippen LogP contribution in [0.15, 0.2) is 35.6 Å². The van der Waals surface area contributed by atoms with E-state index in [9.17, 15) is 14.7 Å². The number of carbonyl (C=O) groups is 2. The normalized spacial score (nSPS) is 15.1. The van der Waals surface area contributed by atoms with Crippen LogP contribution in [0, 0.1) is 5.41 Å². The third-order valence-electron chi connectivity index (χ3n) is 2.47. The van der Waals surface area contributed by atoms with Gasteiger partial charge in [0.25, 0.3) is 0 Å². The number of hydrogen-bond donors (Lipinski definition) is 2. The Morgan fingerprint density at radius 2 is 1.62 bits per heavy atom. The van der Waals surface area contributed by atoms with Crippen molar-refractivity contribution in [2.24, 2.45) is 0 Å². The molecule has 4 heteroatoms. The number of ketones is 2. The number of fused-ring (bicyclic) bond motifs is 1. The molecule has 0 radical (unpaired) electrons. The minimum absolute atomic E-state index is 0.106. The molecule has 0 amide bonds. The van der Waals surface area contributed by atoms with Gasteiger partial charge in [-0.3, -0.25) is 9.59 Å². The van der Waals surface area contributed by atoms with Crippen LogP contribution in [0.3, 0.4) is 0 Å². The molecule has 0 saturated carbocycles. The summed E-state index contributed by atoms with van der Waals surface area (Å²) < 4.78 is 0. The van der Waals surface area contributed by atoms with Gasteiger partial charge < -0.3 is 10.5 Å². The molecule has 0 fully saturated rings. The molecule has 2 N–H and O–H groups in total. The number of aliphatic hydroxyl groups is 1. The van der Waals surface area contributed by atoms with E-state index in [1.54, 1.807) is 12.1 Å². The maximum absolute atomic E-state index is 11.9. The Bertz CT molecular complexity index is 555. The van der Waals surface area contributed by atoms with Gasteiger partial charge in [0.2, 0.25) is 5.78 Å². The fourth-order valence-electron chi connectivity index (χ4n) is 1.71. The van der Waals surface area contributed by atoms with Crippen LogP contribution in [0.25, 0.3) is 0 Å². The molecule has 1 aliphatic rings. The Kier molecular flexibility index (Phi) is 2.20. The molecule has 0 aromatic heterocycles. The third-order valence-corrected chi connectivity index (χ3v) is 2.47. The first-order valence-electron chi connectivity index (χ1n) is 4.71. The van der Waals surface area contributed by atoms with E-state index in [1.807, 2.05) is 0 Å². The van der Waals surface area contributed by atoms with Crippen LogP contribution >= 0.6 is 0 Å². The number of Topliss-reactive ketones (excluding diaryl/α,β-unsaturated/α-hetero) is 2. The van der Waals surface area contributed by atoms with Crippen molar-refractivity contribution in [1.82, 2.24) is 0 Å². The van der Waals surface area contributed by atoms with Crippen LogP contribution < -0.4 is 0 Å². The van der Waals surface area contributed by atoms with Crippen LogP contribution in [0.2, 0.25) is 0 Å². The van der Waals surface area contributed by atoms with Crippen molar-refractivity contribution in [2.75, 3.05) is 0 Å². The van der Waals surface area contributed by atoms with Crippen molar-refractivity contribution in [3.05, 3.63) is 46.7 Å². The zero-order valence-corrected chi connectivity index (χ0v) is 8.57. The second-order valence-corrected chi connectivity index (χ2v) is 3.55. The second kappa shape index (κ2) is 3.41. The molecule has 4 nitrogen and oxygen atoms in total. The topological polar surface area (TPSA) is 78.2 Å². The van der Waals surface area contributed by atoms with E-state index in [-0.39, 0.29) is 22.4 Å². The predicted octanol–water partition coefficient (Wildman–Crippen LogP) is 1.92. The van der Waals surface area contributed by atoms with Gasteiger partial charge in [0.15, 0.2) is 11.5 Å². The van der Waals surface area contributed by atoms with Crippen LogP contribution in [0.4, 0.5) is 0 Å². The molecule has 1 aromatic carbocycles. The summed E-state index contributed by atoms with van der Waals surface area (Å²) in [6, 6.07) is 6.27. The monoisotopic (exact) mass is 215 g/mol. The van der Waals surface area contributed by atoms with E-state index in [2.05, 4.69) is 0 Å². The Morgan fingerprint density at radius 3 is 2.12 bits per heavy atom. The molecule has 0 atom stereocenters. The fraction of sp³-hybridized carbons (Fsp3) is 0.0833. The second-order valence-electron chi connectivity index (χ2n) is 3.55. The maximum atomic E-state index is 11.9. The smallest absolute Gasteiger partial charge is 0.228 e. The van der Waals surface area contributed by atoms with Gasteiger partial charge in [-0.05, 0) is 6.92 Å². The van der Waals surface area contributed by atoms with Crippen LogP contribution in [-0.2, 0) is 0 Å². The van der Waals surface area contributed by atoms with Crippen molar-refractivity contribution >= 4 is 17.3 Å². The molecule has 80 valence electrons. The molecule has 0 aliphatic heterocycles. The fourth-order valence-corrected chi connectivity index (χ4v) is 1.71. The SMILES string of the molecule is CC(=N)C1=C(O)C(=O)c2ccccc2C1=O. The first kappa shape index (κ1) is 10.3. The molecular formula is C12H9NO3. The minimum atomic E-state index is -0.629. The Balaban J connectivity index is 2.73. The predicted molar refractivity (Wildman–Crippen MR) is 58.2 cm³/mol. The van der Waals surface area contributed by atoms with Crippen molar-refractivity contribution in [3.63, 3.8) is 0 Å². The number of allylic oxidation sites excluding steroid dienone is 2. The van der Waals surface area contributed by atoms with Crippen molar-refractivity contribution in [1.29, 1.82) is 5.41 Å². The van der Waals surface area contributed by atoms with Crippen LogP contribution in [0.5, 0.6) is 0 Å². The highest BCUT2D eigenvalue weighted by molar-refractivity contribution is 6.36. The van der Waals surface area contributed by atoms with E-state index in [0.29, 0.717) is 0 Å². The van der Waals surface area contributed by atoms with E-state index in [1.165, 1.54) is 19.1 Å². The Morgan fingerprint density at radius 1 is 1.12 bits per heavy atom. The quantitative estimate of drug-likeness (QED) is 0.702. The van der Waals surface area contributed by atoms with Gasteiger partial charge in [0.1, 0.15) is 0 Å². The molecule has 2 rings (SSSR count). The standard InChI is InChI=1S/C12H9NO3/c1-6(13)9-10(14)7-4-2-3-5-8(7)11(15)12(9)16/h2-5,13,16H,1H3. The molecular weight excluding hydrogens is 206 g/mol. The molecule has 0 heterocycles. The van der Waals surface area contributed by atoms with Crippen LogP contribution in [0.1, 0.15) is 27.6 Å². The number of hydrogen-bond acceptors (Lipinski definition) is 4. The molecule has 1 aliphatic carbocycles. The number of carbonyl (C=O) groups excluding carboxylic acids is 2. The summed E-state index contributed by atoms with van der Waals surface area (Å²) in [6.07, 6.45) is 0. The van der Waals surface area contributed by atoms with Gasteiger partial charge in [-0.25, -0.2) is 0 Å². The molecule has 0 unspecified atom stereocenters. The molecule has 0 spiro atoms. The molecule has 16 heavy (non-hydrogen) atoms. The highest BCUT2D eigenvalue weighted by atomic mass is 16.3. The lowest BCUT2D eigenvalue weighted by molar-refractivity contribution is 0.0934. The van der Waals surface area contributed by atoms with Gasteiger partial charge >= 0.3 is 0 Å². The van der Waals surface area contributed by atoms with Crippen LogP contribution in [-0.4, -0.2) is 22.4 Å². The van der Waals surface area contributed by atoms with E-state index >= 15 is 0 Å². The summed E-state index contributed by atoms with van der Waals surface area (Å²) in [6.45, 7) is 1.37. The zero-order valence-electron chi connectivity index (χ0n) is 8.57. The summed E-state index contributed by atoms with van der Waals surface area (Å²) in [5, 5.41) is 17.0. The Labute approximate surface area is 91.7 Å². The van der Waals surface area contributed by atoms with Gasteiger partial charge in [0, 0.05) is 16.8 Å². The van der Waals surface area contributed by atoms with E-state index in [0.717, 1.165) is 0 Å². The third kappa shape index (κ3) is 1.27. The number of benzene rings is 1. The highest BCUT2D eigenvalue weighted by Gasteiger charge is 2.32.